The van der Waals surface area contributed by atoms with Crippen molar-refractivity contribution in [2.24, 2.45) is 0 Å². The zero-order valence-corrected chi connectivity index (χ0v) is 9.49. The number of amides is 2. The average molecular weight is 222 g/mol. The number of hydrogen-bond donors (Lipinski definition) is 3. The number of aryl methyl sites for hydroxylation is 1. The number of benzene rings is 1. The summed E-state index contributed by atoms with van der Waals surface area (Å²) >= 11 is 0. The van der Waals surface area contributed by atoms with Crippen molar-refractivity contribution in [3.8, 4) is 0 Å². The monoisotopic (exact) mass is 222 g/mol. The first-order valence-corrected chi connectivity index (χ1v) is 5.45. The van der Waals surface area contributed by atoms with E-state index >= 15 is 0 Å². The van der Waals surface area contributed by atoms with Crippen molar-refractivity contribution in [1.29, 1.82) is 0 Å². The van der Waals surface area contributed by atoms with Crippen LogP contribution in [0.3, 0.4) is 0 Å². The number of carbonyl (C=O) groups is 1. The Morgan fingerprint density at radius 2 is 2.19 bits per heavy atom. The van der Waals surface area contributed by atoms with Crippen molar-refractivity contribution >= 4 is 11.7 Å². The Bertz CT molecular complexity index is 340. The largest absolute Gasteiger partial charge is 0.396 e. The van der Waals surface area contributed by atoms with E-state index in [0.29, 0.717) is 13.0 Å². The summed E-state index contributed by atoms with van der Waals surface area (Å²) in [7, 11) is 0. The molecule has 0 spiro atoms. The standard InChI is InChI=1S/C12H18N2O2/c1-10-5-4-6-11(9-10)14-12(16)13-7-2-3-8-15/h4-6,9,15H,2-3,7-8H2,1H3,(H2,13,14,16). The molecule has 88 valence electrons. The van der Waals surface area contributed by atoms with Crippen LogP contribution in [0.5, 0.6) is 0 Å². The summed E-state index contributed by atoms with van der Waals surface area (Å²) in [5, 5.41) is 14.0. The Labute approximate surface area is 95.7 Å². The summed E-state index contributed by atoms with van der Waals surface area (Å²) in [5.74, 6) is 0. The van der Waals surface area contributed by atoms with Gasteiger partial charge in [-0.05, 0) is 37.5 Å². The van der Waals surface area contributed by atoms with Gasteiger partial charge in [0.1, 0.15) is 0 Å². The third-order valence-corrected chi connectivity index (χ3v) is 2.15. The van der Waals surface area contributed by atoms with Gasteiger partial charge in [0.2, 0.25) is 0 Å². The van der Waals surface area contributed by atoms with Gasteiger partial charge in [0.05, 0.1) is 0 Å². The molecular formula is C12H18N2O2. The van der Waals surface area contributed by atoms with Crippen molar-refractivity contribution in [2.75, 3.05) is 18.5 Å². The van der Waals surface area contributed by atoms with Crippen LogP contribution in [0.2, 0.25) is 0 Å². The maximum atomic E-state index is 11.4. The molecule has 0 fully saturated rings. The Hall–Kier alpha value is -1.55. The molecule has 4 heteroatoms. The Kier molecular flexibility index (Phi) is 5.36. The number of rotatable bonds is 5. The SMILES string of the molecule is Cc1cccc(NC(=O)NCCCCO)c1. The highest BCUT2D eigenvalue weighted by molar-refractivity contribution is 5.89. The fourth-order valence-electron chi connectivity index (χ4n) is 1.34. The highest BCUT2D eigenvalue weighted by Crippen LogP contribution is 2.08. The fourth-order valence-corrected chi connectivity index (χ4v) is 1.34. The Morgan fingerprint density at radius 3 is 2.88 bits per heavy atom. The molecule has 0 atom stereocenters. The minimum absolute atomic E-state index is 0.168. The molecule has 1 aromatic rings. The zero-order chi connectivity index (χ0) is 11.8. The van der Waals surface area contributed by atoms with Crippen LogP contribution in [0.15, 0.2) is 24.3 Å². The second kappa shape index (κ2) is 6.85. The maximum Gasteiger partial charge on any atom is 0.319 e. The van der Waals surface area contributed by atoms with Gasteiger partial charge in [-0.3, -0.25) is 0 Å². The minimum Gasteiger partial charge on any atom is -0.396 e. The smallest absolute Gasteiger partial charge is 0.319 e. The summed E-state index contributed by atoms with van der Waals surface area (Å²) in [6, 6.07) is 7.43. The van der Waals surface area contributed by atoms with E-state index in [-0.39, 0.29) is 12.6 Å². The van der Waals surface area contributed by atoms with Crippen LogP contribution < -0.4 is 10.6 Å². The van der Waals surface area contributed by atoms with E-state index in [1.807, 2.05) is 31.2 Å². The van der Waals surface area contributed by atoms with Gasteiger partial charge in [-0.15, -0.1) is 0 Å². The van der Waals surface area contributed by atoms with Crippen molar-refractivity contribution in [3.63, 3.8) is 0 Å². The molecule has 3 N–H and O–H groups in total. The molecule has 16 heavy (non-hydrogen) atoms. The van der Waals surface area contributed by atoms with Crippen molar-refractivity contribution in [3.05, 3.63) is 29.8 Å². The summed E-state index contributed by atoms with van der Waals surface area (Å²) < 4.78 is 0. The first kappa shape index (κ1) is 12.5. The van der Waals surface area contributed by atoms with Gasteiger partial charge in [0.15, 0.2) is 0 Å². The topological polar surface area (TPSA) is 61.4 Å². The molecule has 0 saturated carbocycles. The molecular weight excluding hydrogens is 204 g/mol. The molecule has 0 heterocycles. The van der Waals surface area contributed by atoms with Crippen LogP contribution in [-0.4, -0.2) is 24.3 Å². The predicted octanol–water partition coefficient (Wildman–Crippen LogP) is 1.89. The van der Waals surface area contributed by atoms with Crippen LogP contribution in [0.1, 0.15) is 18.4 Å². The van der Waals surface area contributed by atoms with Gasteiger partial charge in [0, 0.05) is 18.8 Å². The number of unbranched alkanes of at least 4 members (excludes halogenated alkanes) is 1. The number of urea groups is 1. The highest BCUT2D eigenvalue weighted by Gasteiger charge is 2.00. The number of anilines is 1. The van der Waals surface area contributed by atoms with E-state index in [9.17, 15) is 4.79 Å². The average Bonchev–Trinajstić information content (AvgIpc) is 2.24. The van der Waals surface area contributed by atoms with E-state index in [2.05, 4.69) is 10.6 Å². The molecule has 1 aromatic carbocycles. The van der Waals surface area contributed by atoms with Gasteiger partial charge >= 0.3 is 6.03 Å². The molecule has 1 rings (SSSR count). The van der Waals surface area contributed by atoms with E-state index in [4.69, 9.17) is 5.11 Å². The molecule has 0 bridgehead atoms. The van der Waals surface area contributed by atoms with Gasteiger partial charge in [0.25, 0.3) is 0 Å². The zero-order valence-electron chi connectivity index (χ0n) is 9.49. The highest BCUT2D eigenvalue weighted by atomic mass is 16.3. The molecule has 4 nitrogen and oxygen atoms in total. The lowest BCUT2D eigenvalue weighted by Crippen LogP contribution is -2.29. The van der Waals surface area contributed by atoms with Crippen LogP contribution in [0.4, 0.5) is 10.5 Å². The molecule has 0 unspecified atom stereocenters. The number of aliphatic hydroxyl groups is 1. The number of aliphatic hydroxyl groups excluding tert-OH is 1. The molecule has 0 radical (unpaired) electrons. The number of nitrogens with one attached hydrogen (secondary N) is 2. The van der Waals surface area contributed by atoms with E-state index in [1.165, 1.54) is 0 Å². The van der Waals surface area contributed by atoms with Crippen LogP contribution in [0.25, 0.3) is 0 Å². The summed E-state index contributed by atoms with van der Waals surface area (Å²) in [6.07, 6.45) is 1.50. The molecule has 0 aliphatic heterocycles. The summed E-state index contributed by atoms with van der Waals surface area (Å²) in [4.78, 5) is 11.4. The van der Waals surface area contributed by atoms with E-state index in [0.717, 1.165) is 17.7 Å². The third-order valence-electron chi connectivity index (χ3n) is 2.15. The quantitative estimate of drug-likeness (QED) is 0.666. The molecule has 0 aliphatic rings. The number of carbonyl (C=O) groups excluding carboxylic acids is 1. The normalized spacial score (nSPS) is 9.88. The third kappa shape index (κ3) is 4.79. The lowest BCUT2D eigenvalue weighted by molar-refractivity contribution is 0.250. The van der Waals surface area contributed by atoms with Gasteiger partial charge in [-0.2, -0.15) is 0 Å². The molecule has 0 aliphatic carbocycles. The lowest BCUT2D eigenvalue weighted by Gasteiger charge is -2.07. The van der Waals surface area contributed by atoms with Crippen molar-refractivity contribution in [2.45, 2.75) is 19.8 Å². The van der Waals surface area contributed by atoms with Crippen molar-refractivity contribution in [1.82, 2.24) is 5.32 Å². The summed E-state index contributed by atoms with van der Waals surface area (Å²) in [5.41, 5.74) is 1.90. The van der Waals surface area contributed by atoms with E-state index in [1.54, 1.807) is 0 Å². The lowest BCUT2D eigenvalue weighted by atomic mass is 10.2. The number of hydrogen-bond acceptors (Lipinski definition) is 2. The maximum absolute atomic E-state index is 11.4. The van der Waals surface area contributed by atoms with E-state index < -0.39 is 0 Å². The fraction of sp³-hybridized carbons (Fsp3) is 0.417. The van der Waals surface area contributed by atoms with Gasteiger partial charge < -0.3 is 15.7 Å². The molecule has 0 saturated heterocycles. The summed E-state index contributed by atoms with van der Waals surface area (Å²) in [6.45, 7) is 2.73. The first-order chi connectivity index (χ1) is 7.72. The van der Waals surface area contributed by atoms with Crippen LogP contribution >= 0.6 is 0 Å². The second-order valence-corrected chi connectivity index (χ2v) is 3.68. The minimum atomic E-state index is -0.205. The predicted molar refractivity (Wildman–Crippen MR) is 64.5 cm³/mol. The first-order valence-electron chi connectivity index (χ1n) is 5.45. The second-order valence-electron chi connectivity index (χ2n) is 3.68. The molecule has 0 aromatic heterocycles. The Morgan fingerprint density at radius 1 is 1.38 bits per heavy atom. The van der Waals surface area contributed by atoms with Crippen molar-refractivity contribution < 1.29 is 9.90 Å². The van der Waals surface area contributed by atoms with Gasteiger partial charge in [-0.25, -0.2) is 4.79 Å². The molecule has 2 amide bonds. The van der Waals surface area contributed by atoms with Crippen LogP contribution in [-0.2, 0) is 0 Å². The van der Waals surface area contributed by atoms with Gasteiger partial charge in [-0.1, -0.05) is 12.1 Å². The van der Waals surface area contributed by atoms with Crippen LogP contribution in [0, 0.1) is 6.92 Å². The Balaban J connectivity index is 2.29.